The first kappa shape index (κ1) is 24.7. The van der Waals surface area contributed by atoms with Crippen molar-refractivity contribution in [1.82, 2.24) is 24.8 Å². The van der Waals surface area contributed by atoms with Crippen LogP contribution in [0.3, 0.4) is 0 Å². The number of rotatable bonds is 5. The molecule has 4 aliphatic heterocycles. The monoisotopic (exact) mass is 537 g/mol. The third kappa shape index (κ3) is 4.92. The molecule has 0 bridgehead atoms. The molecule has 1 unspecified atom stereocenters. The number of hydrogen-bond donors (Lipinski definition) is 1. The molecule has 208 valence electrons. The summed E-state index contributed by atoms with van der Waals surface area (Å²) in [6.07, 6.45) is 4.70. The van der Waals surface area contributed by atoms with Crippen molar-refractivity contribution < 1.29 is 23.6 Å². The lowest BCUT2D eigenvalue weighted by molar-refractivity contribution is 0.0490. The molecule has 7 rings (SSSR count). The normalized spacial score (nSPS) is 25.1. The van der Waals surface area contributed by atoms with Crippen molar-refractivity contribution in [2.75, 3.05) is 52.5 Å². The zero-order valence-corrected chi connectivity index (χ0v) is 22.1. The molecular formula is C28H35N5O6. The topological polar surface area (TPSA) is 121 Å². The number of hydrogen-bond acceptors (Lipinski definition) is 7. The fraction of sp³-hybridized carbons (Fsp3) is 0.643. The number of likely N-dealkylation sites (tertiary alicyclic amines) is 2. The number of H-pyrrole nitrogens is 1. The molecule has 2 atom stereocenters. The minimum Gasteiger partial charge on any atom is -0.477 e. The van der Waals surface area contributed by atoms with Gasteiger partial charge >= 0.3 is 6.03 Å². The molecule has 1 aliphatic carbocycles. The van der Waals surface area contributed by atoms with E-state index in [-0.39, 0.29) is 29.3 Å². The molecule has 39 heavy (non-hydrogen) atoms. The van der Waals surface area contributed by atoms with Crippen molar-refractivity contribution in [3.63, 3.8) is 0 Å². The van der Waals surface area contributed by atoms with Gasteiger partial charge in [-0.2, -0.15) is 5.16 Å². The van der Waals surface area contributed by atoms with E-state index in [9.17, 15) is 14.4 Å². The summed E-state index contributed by atoms with van der Waals surface area (Å²) >= 11 is 0. The van der Waals surface area contributed by atoms with Crippen molar-refractivity contribution >= 4 is 11.9 Å². The van der Waals surface area contributed by atoms with Gasteiger partial charge in [-0.1, -0.05) is 0 Å². The maximum atomic E-state index is 13.6. The van der Waals surface area contributed by atoms with Gasteiger partial charge in [-0.15, -0.1) is 0 Å². The zero-order valence-electron chi connectivity index (χ0n) is 22.1. The molecule has 1 saturated carbocycles. The van der Waals surface area contributed by atoms with Gasteiger partial charge in [-0.25, -0.2) is 9.78 Å². The Morgan fingerprint density at radius 2 is 1.74 bits per heavy atom. The molecule has 3 saturated heterocycles. The maximum absolute atomic E-state index is 13.6. The van der Waals surface area contributed by atoms with Gasteiger partial charge in [-0.05, 0) is 44.1 Å². The van der Waals surface area contributed by atoms with Crippen molar-refractivity contribution in [1.29, 1.82) is 0 Å². The second-order valence-electron chi connectivity index (χ2n) is 11.8. The molecular weight excluding hydrogens is 502 g/mol. The summed E-state index contributed by atoms with van der Waals surface area (Å²) in [5, 5.41) is 2.37. The van der Waals surface area contributed by atoms with Gasteiger partial charge in [0.1, 0.15) is 0 Å². The van der Waals surface area contributed by atoms with Crippen LogP contribution in [-0.2, 0) is 17.7 Å². The predicted octanol–water partition coefficient (Wildman–Crippen LogP) is 2.23. The van der Waals surface area contributed by atoms with Crippen LogP contribution >= 0.6 is 0 Å². The molecule has 2 aromatic rings. The predicted molar refractivity (Wildman–Crippen MR) is 139 cm³/mol. The summed E-state index contributed by atoms with van der Waals surface area (Å²) in [6, 6.07) is 3.74. The standard InChI is InChI=1S/C28H35N5O6/c34-26-22-3-6-31(15-24(22)39-30-26)28(36)33-13-20-11-32(12-21(20)14-33)27(35)19-9-23(18-1-2-18)29-25(10-19)38-16-17-4-7-37-8-5-17/h9-10,17-18,20-21H,1-8,11-16H2,(H,30,34)/t20-,21?/m1/s1. The Morgan fingerprint density at radius 1 is 1.00 bits per heavy atom. The molecule has 1 N–H and O–H groups in total. The van der Waals surface area contributed by atoms with E-state index in [0.717, 1.165) is 44.6 Å². The average Bonchev–Trinajstić information content (AvgIpc) is 3.49. The lowest BCUT2D eigenvalue weighted by Crippen LogP contribution is -2.45. The van der Waals surface area contributed by atoms with Crippen molar-refractivity contribution in [2.45, 2.75) is 44.6 Å². The first-order valence-corrected chi connectivity index (χ1v) is 14.3. The number of pyridine rings is 1. The molecule has 3 amide bonds. The van der Waals surface area contributed by atoms with Crippen LogP contribution < -0.4 is 10.3 Å². The lowest BCUT2D eigenvalue weighted by Gasteiger charge is -2.30. The van der Waals surface area contributed by atoms with Crippen LogP contribution in [0.4, 0.5) is 4.79 Å². The molecule has 5 aliphatic rings. The zero-order chi connectivity index (χ0) is 26.5. The molecule has 11 nitrogen and oxygen atoms in total. The summed E-state index contributed by atoms with van der Waals surface area (Å²) in [7, 11) is 0. The Balaban J connectivity index is 0.979. The Hall–Kier alpha value is -3.34. The van der Waals surface area contributed by atoms with E-state index in [1.54, 1.807) is 4.90 Å². The van der Waals surface area contributed by atoms with Gasteiger partial charge in [0.15, 0.2) is 5.76 Å². The highest BCUT2D eigenvalue weighted by Gasteiger charge is 2.44. The van der Waals surface area contributed by atoms with Crippen LogP contribution in [0.5, 0.6) is 5.88 Å². The van der Waals surface area contributed by atoms with Crippen LogP contribution in [-0.4, -0.2) is 89.3 Å². The summed E-state index contributed by atoms with van der Waals surface area (Å²) in [5.74, 6) is 2.53. The second kappa shape index (κ2) is 10.0. The number of aromatic amines is 1. The maximum Gasteiger partial charge on any atom is 0.320 e. The highest BCUT2D eigenvalue weighted by molar-refractivity contribution is 5.95. The summed E-state index contributed by atoms with van der Waals surface area (Å²) < 4.78 is 16.8. The lowest BCUT2D eigenvalue weighted by atomic mass is 10.0. The van der Waals surface area contributed by atoms with E-state index < -0.39 is 0 Å². The third-order valence-corrected chi connectivity index (χ3v) is 9.03. The molecule has 0 spiro atoms. The first-order valence-electron chi connectivity index (χ1n) is 14.3. The van der Waals surface area contributed by atoms with Crippen LogP contribution in [0, 0.1) is 17.8 Å². The molecule has 11 heteroatoms. The Kier molecular flexibility index (Phi) is 6.33. The quantitative estimate of drug-likeness (QED) is 0.621. The minimum absolute atomic E-state index is 0.0218. The molecule has 6 heterocycles. The Labute approximate surface area is 226 Å². The number of carbonyl (C=O) groups excluding carboxylic acids is 2. The van der Waals surface area contributed by atoms with Crippen molar-refractivity contribution in [3.8, 4) is 5.88 Å². The highest BCUT2D eigenvalue weighted by atomic mass is 16.5. The second-order valence-corrected chi connectivity index (χ2v) is 11.8. The molecule has 0 aromatic carbocycles. The SMILES string of the molecule is O=C(c1cc(OCC2CCOCC2)nc(C2CC2)c1)N1CC2CN(C(=O)N3CCc4c(o[nH]c4=O)C3)C[C@H]2C1. The Morgan fingerprint density at radius 3 is 2.49 bits per heavy atom. The number of urea groups is 1. The number of aromatic nitrogens is 2. The largest absolute Gasteiger partial charge is 0.477 e. The van der Waals surface area contributed by atoms with Crippen LogP contribution in [0.25, 0.3) is 0 Å². The summed E-state index contributed by atoms with van der Waals surface area (Å²) in [4.78, 5) is 48.9. The van der Waals surface area contributed by atoms with Crippen molar-refractivity contribution in [2.24, 2.45) is 17.8 Å². The smallest absolute Gasteiger partial charge is 0.320 e. The third-order valence-electron chi connectivity index (χ3n) is 9.03. The van der Waals surface area contributed by atoms with Gasteiger partial charge in [0.05, 0.1) is 18.7 Å². The fourth-order valence-electron chi connectivity index (χ4n) is 6.53. The summed E-state index contributed by atoms with van der Waals surface area (Å²) in [6.45, 7) is 5.53. The molecule has 0 radical (unpaired) electrons. The van der Waals surface area contributed by atoms with E-state index in [4.69, 9.17) is 19.0 Å². The number of amides is 3. The van der Waals surface area contributed by atoms with E-state index in [1.165, 1.54) is 0 Å². The van der Waals surface area contributed by atoms with E-state index >= 15 is 0 Å². The summed E-state index contributed by atoms with van der Waals surface area (Å²) in [5.41, 5.74) is 2.06. The van der Waals surface area contributed by atoms with Gasteiger partial charge in [0.2, 0.25) is 5.88 Å². The number of carbonyl (C=O) groups is 2. The van der Waals surface area contributed by atoms with Gasteiger partial charge < -0.3 is 28.7 Å². The van der Waals surface area contributed by atoms with Crippen molar-refractivity contribution in [3.05, 3.63) is 45.1 Å². The van der Waals surface area contributed by atoms with Crippen LogP contribution in [0.2, 0.25) is 0 Å². The molecule has 4 fully saturated rings. The number of nitrogens with zero attached hydrogens (tertiary/aromatic N) is 4. The van der Waals surface area contributed by atoms with Crippen LogP contribution in [0.15, 0.2) is 21.5 Å². The average molecular weight is 538 g/mol. The minimum atomic E-state index is -0.200. The first-order chi connectivity index (χ1) is 19.0. The van der Waals surface area contributed by atoms with Crippen LogP contribution in [0.1, 0.15) is 59.0 Å². The number of nitrogens with one attached hydrogen (secondary N) is 1. The van der Waals surface area contributed by atoms with Gasteiger partial charge in [-0.3, -0.25) is 9.59 Å². The molecule has 2 aromatic heterocycles. The fourth-order valence-corrected chi connectivity index (χ4v) is 6.53. The van der Waals surface area contributed by atoms with E-state index in [1.807, 2.05) is 21.9 Å². The Bertz CT molecular complexity index is 1300. The number of ether oxygens (including phenoxy) is 2. The van der Waals surface area contributed by atoms with Gasteiger partial charge in [0.25, 0.3) is 11.5 Å². The van der Waals surface area contributed by atoms with E-state index in [2.05, 4.69) is 5.16 Å². The highest BCUT2D eigenvalue weighted by Crippen LogP contribution is 2.40. The van der Waals surface area contributed by atoms with Gasteiger partial charge in [0, 0.05) is 81.0 Å². The van der Waals surface area contributed by atoms with E-state index in [0.29, 0.717) is 86.9 Å². The number of fused-ring (bicyclic) bond motifs is 2.